The Labute approximate surface area is 110 Å². The minimum absolute atomic E-state index is 0.192. The molecule has 0 rings (SSSR count). The number of carbonyl (C=O) groups is 2. The molecule has 0 atom stereocenters. The van der Waals surface area contributed by atoms with Gasteiger partial charge in [-0.1, -0.05) is 38.5 Å². The summed E-state index contributed by atoms with van der Waals surface area (Å²) in [7, 11) is 0. The van der Waals surface area contributed by atoms with Gasteiger partial charge in [0, 0.05) is 13.8 Å². The molecule has 106 valence electrons. The number of unbranched alkanes of at least 4 members (excludes halogenated alkanes) is 7. The molecule has 0 N–H and O–H groups in total. The van der Waals surface area contributed by atoms with Gasteiger partial charge < -0.3 is 9.47 Å². The van der Waals surface area contributed by atoms with Gasteiger partial charge in [0.05, 0.1) is 13.2 Å². The molecule has 0 amide bonds. The highest BCUT2D eigenvalue weighted by Crippen LogP contribution is 2.08. The molecule has 0 fully saturated rings. The van der Waals surface area contributed by atoms with Gasteiger partial charge in [0.1, 0.15) is 0 Å². The van der Waals surface area contributed by atoms with Crippen molar-refractivity contribution in [1.29, 1.82) is 0 Å². The molecule has 0 aromatic rings. The SMILES string of the molecule is CC(=O)OCCCCCCCCCCOC(C)=O. The molecule has 0 aromatic heterocycles. The molecular formula is C14H26O4. The number of ether oxygens (including phenoxy) is 2. The van der Waals surface area contributed by atoms with Crippen molar-refractivity contribution in [3.63, 3.8) is 0 Å². The van der Waals surface area contributed by atoms with Crippen molar-refractivity contribution in [1.82, 2.24) is 0 Å². The minimum Gasteiger partial charge on any atom is -0.466 e. The second-order valence-corrected chi connectivity index (χ2v) is 4.51. The smallest absolute Gasteiger partial charge is 0.302 e. The van der Waals surface area contributed by atoms with Crippen LogP contribution >= 0.6 is 0 Å². The lowest BCUT2D eigenvalue weighted by molar-refractivity contribution is -0.142. The molecule has 0 spiro atoms. The van der Waals surface area contributed by atoms with Crippen LogP contribution in [0.15, 0.2) is 0 Å². The van der Waals surface area contributed by atoms with Crippen molar-refractivity contribution in [3.8, 4) is 0 Å². The quantitative estimate of drug-likeness (QED) is 0.422. The van der Waals surface area contributed by atoms with Gasteiger partial charge >= 0.3 is 11.9 Å². The summed E-state index contributed by atoms with van der Waals surface area (Å²) in [5.41, 5.74) is 0. The monoisotopic (exact) mass is 258 g/mol. The highest BCUT2D eigenvalue weighted by atomic mass is 16.5. The summed E-state index contributed by atoms with van der Waals surface area (Å²) in [6.07, 6.45) is 9.04. The first kappa shape index (κ1) is 16.9. The Balaban J connectivity index is 2.99. The summed E-state index contributed by atoms with van der Waals surface area (Å²) >= 11 is 0. The topological polar surface area (TPSA) is 52.6 Å². The zero-order chi connectivity index (χ0) is 13.6. The maximum Gasteiger partial charge on any atom is 0.302 e. The molecule has 18 heavy (non-hydrogen) atoms. The van der Waals surface area contributed by atoms with Gasteiger partial charge in [0.25, 0.3) is 0 Å². The van der Waals surface area contributed by atoms with Crippen LogP contribution in [0.5, 0.6) is 0 Å². The van der Waals surface area contributed by atoms with E-state index in [-0.39, 0.29) is 11.9 Å². The molecule has 0 aliphatic heterocycles. The van der Waals surface area contributed by atoms with Crippen LogP contribution < -0.4 is 0 Å². The summed E-state index contributed by atoms with van der Waals surface area (Å²) in [5.74, 6) is -0.384. The molecule has 0 bridgehead atoms. The van der Waals surface area contributed by atoms with Gasteiger partial charge in [-0.05, 0) is 12.8 Å². The molecule has 0 unspecified atom stereocenters. The number of carbonyl (C=O) groups excluding carboxylic acids is 2. The molecule has 4 nitrogen and oxygen atoms in total. The maximum atomic E-state index is 10.5. The summed E-state index contributed by atoms with van der Waals surface area (Å²) in [6.45, 7) is 3.99. The van der Waals surface area contributed by atoms with Crippen LogP contribution in [-0.4, -0.2) is 25.2 Å². The Morgan fingerprint density at radius 3 is 1.17 bits per heavy atom. The normalized spacial score (nSPS) is 10.1. The Morgan fingerprint density at radius 2 is 0.889 bits per heavy atom. The van der Waals surface area contributed by atoms with Crippen LogP contribution in [-0.2, 0) is 19.1 Å². The van der Waals surface area contributed by atoms with Crippen LogP contribution in [0.4, 0.5) is 0 Å². The highest BCUT2D eigenvalue weighted by Gasteiger charge is 1.95. The lowest BCUT2D eigenvalue weighted by Gasteiger charge is -2.03. The number of rotatable bonds is 11. The third-order valence-electron chi connectivity index (χ3n) is 2.65. The summed E-state index contributed by atoms with van der Waals surface area (Å²) < 4.78 is 9.71. The summed E-state index contributed by atoms with van der Waals surface area (Å²) in [4.78, 5) is 21.0. The average Bonchev–Trinajstić information content (AvgIpc) is 2.29. The van der Waals surface area contributed by atoms with Crippen molar-refractivity contribution in [2.75, 3.05) is 13.2 Å². The van der Waals surface area contributed by atoms with Crippen molar-refractivity contribution >= 4 is 11.9 Å². The fourth-order valence-corrected chi connectivity index (χ4v) is 1.70. The second kappa shape index (κ2) is 12.4. The second-order valence-electron chi connectivity index (χ2n) is 4.51. The number of hydrogen-bond acceptors (Lipinski definition) is 4. The van der Waals surface area contributed by atoms with Crippen LogP contribution in [0.1, 0.15) is 65.2 Å². The molecule has 0 aliphatic carbocycles. The van der Waals surface area contributed by atoms with Crippen LogP contribution in [0.3, 0.4) is 0 Å². The molecule has 0 aromatic carbocycles. The maximum absolute atomic E-state index is 10.5. The van der Waals surface area contributed by atoms with Crippen molar-refractivity contribution in [2.45, 2.75) is 65.2 Å². The lowest BCUT2D eigenvalue weighted by atomic mass is 10.1. The van der Waals surface area contributed by atoms with Crippen LogP contribution in [0, 0.1) is 0 Å². The van der Waals surface area contributed by atoms with Gasteiger partial charge in [0.15, 0.2) is 0 Å². The van der Waals surface area contributed by atoms with E-state index in [1.54, 1.807) is 0 Å². The Kier molecular flexibility index (Phi) is 11.7. The fourth-order valence-electron chi connectivity index (χ4n) is 1.70. The molecule has 0 saturated heterocycles. The van der Waals surface area contributed by atoms with E-state index in [2.05, 4.69) is 0 Å². The van der Waals surface area contributed by atoms with Gasteiger partial charge in [-0.25, -0.2) is 0 Å². The van der Waals surface area contributed by atoms with Crippen molar-refractivity contribution in [2.24, 2.45) is 0 Å². The first-order chi connectivity index (χ1) is 8.63. The minimum atomic E-state index is -0.192. The first-order valence-corrected chi connectivity index (χ1v) is 6.89. The van der Waals surface area contributed by atoms with E-state index in [4.69, 9.17) is 9.47 Å². The average molecular weight is 258 g/mol. The van der Waals surface area contributed by atoms with E-state index >= 15 is 0 Å². The third-order valence-corrected chi connectivity index (χ3v) is 2.65. The fraction of sp³-hybridized carbons (Fsp3) is 0.857. The lowest BCUT2D eigenvalue weighted by Crippen LogP contribution is -2.00. The molecule has 0 saturated carbocycles. The van der Waals surface area contributed by atoms with E-state index in [1.807, 2.05) is 0 Å². The zero-order valence-corrected chi connectivity index (χ0v) is 11.7. The van der Waals surface area contributed by atoms with E-state index < -0.39 is 0 Å². The Hall–Kier alpha value is -1.06. The molecule has 0 aliphatic rings. The van der Waals surface area contributed by atoms with Crippen molar-refractivity contribution in [3.05, 3.63) is 0 Å². The Bertz CT molecular complexity index is 202. The predicted octanol–water partition coefficient (Wildman–Crippen LogP) is 3.23. The molecule has 0 radical (unpaired) electrons. The highest BCUT2D eigenvalue weighted by molar-refractivity contribution is 5.66. The van der Waals surface area contributed by atoms with Crippen LogP contribution in [0.25, 0.3) is 0 Å². The zero-order valence-electron chi connectivity index (χ0n) is 11.7. The summed E-state index contributed by atoms with van der Waals surface area (Å²) in [6, 6.07) is 0. The standard InChI is InChI=1S/C14H26O4/c1-13(15)17-11-9-7-5-3-4-6-8-10-12-18-14(2)16/h3-12H2,1-2H3. The van der Waals surface area contributed by atoms with Gasteiger partial charge in [-0.3, -0.25) is 9.59 Å². The van der Waals surface area contributed by atoms with Gasteiger partial charge in [-0.2, -0.15) is 0 Å². The molecule has 0 heterocycles. The van der Waals surface area contributed by atoms with E-state index in [0.29, 0.717) is 13.2 Å². The van der Waals surface area contributed by atoms with E-state index in [1.165, 1.54) is 39.5 Å². The van der Waals surface area contributed by atoms with Gasteiger partial charge in [-0.15, -0.1) is 0 Å². The number of hydrogen-bond donors (Lipinski definition) is 0. The van der Waals surface area contributed by atoms with E-state index in [9.17, 15) is 9.59 Å². The van der Waals surface area contributed by atoms with E-state index in [0.717, 1.165) is 25.7 Å². The third kappa shape index (κ3) is 14.9. The Morgan fingerprint density at radius 1 is 0.611 bits per heavy atom. The van der Waals surface area contributed by atoms with Crippen molar-refractivity contribution < 1.29 is 19.1 Å². The predicted molar refractivity (Wildman–Crippen MR) is 70.2 cm³/mol. The van der Waals surface area contributed by atoms with Gasteiger partial charge in [0.2, 0.25) is 0 Å². The molecule has 4 heteroatoms. The first-order valence-electron chi connectivity index (χ1n) is 6.89. The number of esters is 2. The van der Waals surface area contributed by atoms with Crippen LogP contribution in [0.2, 0.25) is 0 Å². The summed E-state index contributed by atoms with van der Waals surface area (Å²) in [5, 5.41) is 0. The largest absolute Gasteiger partial charge is 0.466 e. The molecular weight excluding hydrogens is 232 g/mol.